The molecule has 1 aromatic rings. The first-order valence-corrected chi connectivity index (χ1v) is 8.37. The molecule has 3 rings (SSSR count). The zero-order chi connectivity index (χ0) is 14.5. The molecule has 0 aromatic heterocycles. The normalized spacial score (nSPS) is 26.5. The maximum Gasteiger partial charge on any atom is 0.0842 e. The van der Waals surface area contributed by atoms with Gasteiger partial charge < -0.3 is 14.8 Å². The van der Waals surface area contributed by atoms with Gasteiger partial charge in [0, 0.05) is 19.3 Å². The van der Waals surface area contributed by atoms with Crippen molar-refractivity contribution in [2.45, 2.75) is 44.8 Å². The van der Waals surface area contributed by atoms with Crippen LogP contribution in [0.5, 0.6) is 0 Å². The molecule has 0 amide bonds. The molecule has 0 radical (unpaired) electrons. The summed E-state index contributed by atoms with van der Waals surface area (Å²) >= 11 is 0. The quantitative estimate of drug-likeness (QED) is 0.873. The van der Waals surface area contributed by atoms with E-state index in [1.54, 1.807) is 0 Å². The Labute approximate surface area is 128 Å². The fourth-order valence-corrected chi connectivity index (χ4v) is 3.65. The lowest BCUT2D eigenvalue weighted by atomic mass is 9.90. The Morgan fingerprint density at radius 2 is 2.14 bits per heavy atom. The van der Waals surface area contributed by atoms with Crippen molar-refractivity contribution in [1.29, 1.82) is 0 Å². The van der Waals surface area contributed by atoms with Crippen molar-refractivity contribution < 1.29 is 9.47 Å². The van der Waals surface area contributed by atoms with E-state index < -0.39 is 0 Å². The number of rotatable bonds is 6. The van der Waals surface area contributed by atoms with Gasteiger partial charge in [-0.15, -0.1) is 0 Å². The molecular weight excluding hydrogens is 262 g/mol. The highest BCUT2D eigenvalue weighted by atomic mass is 16.5. The summed E-state index contributed by atoms with van der Waals surface area (Å²) in [5.41, 5.74) is 2.86. The summed E-state index contributed by atoms with van der Waals surface area (Å²) in [6.45, 7) is 5.93. The van der Waals surface area contributed by atoms with Crippen LogP contribution < -0.4 is 5.32 Å². The lowest BCUT2D eigenvalue weighted by Crippen LogP contribution is -2.34. The molecule has 2 aliphatic rings. The molecule has 1 N–H and O–H groups in total. The molecular formula is C18H27NO2. The Morgan fingerprint density at radius 3 is 2.95 bits per heavy atom. The average molecular weight is 289 g/mol. The molecule has 0 bridgehead atoms. The van der Waals surface area contributed by atoms with Crippen molar-refractivity contribution in [2.75, 3.05) is 26.4 Å². The first kappa shape index (κ1) is 15.0. The fraction of sp³-hybridized carbons (Fsp3) is 0.667. The van der Waals surface area contributed by atoms with Crippen LogP contribution in [0.25, 0.3) is 0 Å². The second-order valence-electron chi connectivity index (χ2n) is 6.26. The zero-order valence-corrected chi connectivity index (χ0v) is 13.0. The Hall–Kier alpha value is -0.900. The highest BCUT2D eigenvalue weighted by Crippen LogP contribution is 2.32. The van der Waals surface area contributed by atoms with E-state index in [1.165, 1.54) is 24.0 Å². The monoisotopic (exact) mass is 289 g/mol. The van der Waals surface area contributed by atoms with E-state index in [4.69, 9.17) is 9.47 Å². The van der Waals surface area contributed by atoms with Gasteiger partial charge in [-0.3, -0.25) is 0 Å². The van der Waals surface area contributed by atoms with Gasteiger partial charge in [0.25, 0.3) is 0 Å². The lowest BCUT2D eigenvalue weighted by molar-refractivity contribution is 0.0275. The van der Waals surface area contributed by atoms with Crippen molar-refractivity contribution in [3.63, 3.8) is 0 Å². The van der Waals surface area contributed by atoms with Crippen LogP contribution in [0.2, 0.25) is 0 Å². The number of hydrogen-bond acceptors (Lipinski definition) is 3. The molecule has 21 heavy (non-hydrogen) atoms. The Bertz CT molecular complexity index is 443. The summed E-state index contributed by atoms with van der Waals surface area (Å²) in [5.74, 6) is 0.716. The maximum atomic E-state index is 6.07. The van der Waals surface area contributed by atoms with Gasteiger partial charge in [-0.2, -0.15) is 0 Å². The Balaban J connectivity index is 1.65. The summed E-state index contributed by atoms with van der Waals surface area (Å²) in [5, 5.41) is 3.65. The van der Waals surface area contributed by atoms with Crippen LogP contribution in [0.4, 0.5) is 0 Å². The van der Waals surface area contributed by atoms with Crippen LogP contribution in [0.3, 0.4) is 0 Å². The second kappa shape index (κ2) is 7.39. The summed E-state index contributed by atoms with van der Waals surface area (Å²) in [6.07, 6.45) is 4.79. The number of benzene rings is 1. The predicted octanol–water partition coefficient (Wildman–Crippen LogP) is 3.10. The average Bonchev–Trinajstić information content (AvgIpc) is 3.01. The van der Waals surface area contributed by atoms with E-state index >= 15 is 0 Å². The zero-order valence-electron chi connectivity index (χ0n) is 13.0. The van der Waals surface area contributed by atoms with Gasteiger partial charge in [0.1, 0.15) is 0 Å². The standard InChI is InChI=1S/C18H27NO2/c1-2-19-16(11-14-7-9-20-13-14)12-18-17-6-4-3-5-15(17)8-10-21-18/h3-6,14,16,18-19H,2,7-13H2,1H3. The Kier molecular flexibility index (Phi) is 5.28. The summed E-state index contributed by atoms with van der Waals surface area (Å²) < 4.78 is 11.6. The number of fused-ring (bicyclic) bond motifs is 1. The van der Waals surface area contributed by atoms with Crippen LogP contribution in [-0.2, 0) is 15.9 Å². The third kappa shape index (κ3) is 3.85. The van der Waals surface area contributed by atoms with Gasteiger partial charge in [0.05, 0.1) is 12.7 Å². The molecule has 2 heterocycles. The van der Waals surface area contributed by atoms with E-state index in [1.807, 2.05) is 0 Å². The van der Waals surface area contributed by atoms with Crippen LogP contribution in [0, 0.1) is 5.92 Å². The highest BCUT2D eigenvalue weighted by Gasteiger charge is 2.26. The molecule has 3 unspecified atom stereocenters. The van der Waals surface area contributed by atoms with Gasteiger partial charge >= 0.3 is 0 Å². The van der Waals surface area contributed by atoms with Gasteiger partial charge in [0.15, 0.2) is 0 Å². The predicted molar refractivity (Wildman–Crippen MR) is 84.5 cm³/mol. The van der Waals surface area contributed by atoms with Gasteiger partial charge in [-0.05, 0) is 49.3 Å². The minimum Gasteiger partial charge on any atom is -0.381 e. The van der Waals surface area contributed by atoms with Crippen molar-refractivity contribution in [1.82, 2.24) is 5.32 Å². The minimum atomic E-state index is 0.251. The molecule has 3 heteroatoms. The number of ether oxygens (including phenoxy) is 2. The summed E-state index contributed by atoms with van der Waals surface area (Å²) in [6, 6.07) is 9.28. The topological polar surface area (TPSA) is 30.5 Å². The first-order chi connectivity index (χ1) is 10.4. The van der Waals surface area contributed by atoms with E-state index in [2.05, 4.69) is 36.5 Å². The van der Waals surface area contributed by atoms with Gasteiger partial charge in [0.2, 0.25) is 0 Å². The van der Waals surface area contributed by atoms with Crippen LogP contribution >= 0.6 is 0 Å². The van der Waals surface area contributed by atoms with Crippen LogP contribution in [0.15, 0.2) is 24.3 Å². The van der Waals surface area contributed by atoms with Crippen LogP contribution in [0.1, 0.15) is 43.4 Å². The van der Waals surface area contributed by atoms with Crippen molar-refractivity contribution in [3.05, 3.63) is 35.4 Å². The fourth-order valence-electron chi connectivity index (χ4n) is 3.65. The number of nitrogens with one attached hydrogen (secondary N) is 1. The molecule has 1 fully saturated rings. The lowest BCUT2D eigenvalue weighted by Gasteiger charge is -2.30. The number of hydrogen-bond donors (Lipinski definition) is 1. The molecule has 3 nitrogen and oxygen atoms in total. The summed E-state index contributed by atoms with van der Waals surface area (Å²) in [4.78, 5) is 0. The van der Waals surface area contributed by atoms with Gasteiger partial charge in [-0.25, -0.2) is 0 Å². The molecule has 116 valence electrons. The largest absolute Gasteiger partial charge is 0.381 e. The van der Waals surface area contributed by atoms with Crippen molar-refractivity contribution >= 4 is 0 Å². The SMILES string of the molecule is CCNC(CC1CCOC1)CC1OCCc2ccccc21. The third-order valence-corrected chi connectivity index (χ3v) is 4.73. The molecule has 0 aliphatic carbocycles. The van der Waals surface area contributed by atoms with Crippen molar-refractivity contribution in [3.8, 4) is 0 Å². The van der Waals surface area contributed by atoms with Gasteiger partial charge in [-0.1, -0.05) is 31.2 Å². The first-order valence-electron chi connectivity index (χ1n) is 8.37. The molecule has 1 aromatic carbocycles. The molecule has 1 saturated heterocycles. The van der Waals surface area contributed by atoms with E-state index in [9.17, 15) is 0 Å². The minimum absolute atomic E-state index is 0.251. The Morgan fingerprint density at radius 1 is 1.24 bits per heavy atom. The summed E-state index contributed by atoms with van der Waals surface area (Å²) in [7, 11) is 0. The smallest absolute Gasteiger partial charge is 0.0842 e. The van der Waals surface area contributed by atoms with E-state index in [-0.39, 0.29) is 6.10 Å². The second-order valence-corrected chi connectivity index (χ2v) is 6.26. The third-order valence-electron chi connectivity index (χ3n) is 4.73. The highest BCUT2D eigenvalue weighted by molar-refractivity contribution is 5.31. The molecule has 0 spiro atoms. The van der Waals surface area contributed by atoms with E-state index in [0.717, 1.165) is 39.2 Å². The maximum absolute atomic E-state index is 6.07. The molecule has 3 atom stereocenters. The molecule has 2 aliphatic heterocycles. The molecule has 0 saturated carbocycles. The van der Waals surface area contributed by atoms with Crippen LogP contribution in [-0.4, -0.2) is 32.4 Å². The van der Waals surface area contributed by atoms with E-state index in [0.29, 0.717) is 12.0 Å². The van der Waals surface area contributed by atoms with Crippen molar-refractivity contribution in [2.24, 2.45) is 5.92 Å².